The van der Waals surface area contributed by atoms with Crippen LogP contribution in [0.1, 0.15) is 76.2 Å². The second kappa shape index (κ2) is 6.19. The topological polar surface area (TPSA) is 66.2 Å². The first-order valence-electron chi connectivity index (χ1n) is 7.46. The van der Waals surface area contributed by atoms with Gasteiger partial charge in [0, 0.05) is 0 Å². The number of nitrogens with zero attached hydrogens (tertiary/aromatic N) is 2. The Balaban J connectivity index is 3.28. The van der Waals surface area contributed by atoms with Gasteiger partial charge in [-0.3, -0.25) is 9.97 Å². The van der Waals surface area contributed by atoms with E-state index in [0.29, 0.717) is 35.6 Å². The standard InChI is InChI=1S/C16H28N2O2/c1-7-9-15(5,19)13-11(3)18-14(12(4)17-13)16(6,20)10-8-2/h19-20H,7-10H2,1-6H3. The van der Waals surface area contributed by atoms with Crippen molar-refractivity contribution in [3.8, 4) is 0 Å². The summed E-state index contributed by atoms with van der Waals surface area (Å²) in [6.45, 7) is 11.3. The minimum absolute atomic E-state index is 0.618. The Kier molecular flexibility index (Phi) is 5.27. The van der Waals surface area contributed by atoms with Crippen LogP contribution in [0, 0.1) is 13.8 Å². The Morgan fingerprint density at radius 3 is 1.35 bits per heavy atom. The van der Waals surface area contributed by atoms with E-state index in [2.05, 4.69) is 9.97 Å². The highest BCUT2D eigenvalue weighted by molar-refractivity contribution is 5.26. The number of rotatable bonds is 6. The predicted octanol–water partition coefficient (Wildman–Crippen LogP) is 3.11. The summed E-state index contributed by atoms with van der Waals surface area (Å²) in [5, 5.41) is 21.0. The Hall–Kier alpha value is -1.00. The highest BCUT2D eigenvalue weighted by atomic mass is 16.3. The zero-order chi connectivity index (χ0) is 15.6. The molecule has 1 rings (SSSR count). The third kappa shape index (κ3) is 3.55. The molecule has 0 aliphatic rings. The molecule has 0 amide bonds. The molecule has 0 aliphatic heterocycles. The number of aryl methyl sites for hydroxylation is 2. The van der Waals surface area contributed by atoms with E-state index in [1.54, 1.807) is 13.8 Å². The molecule has 0 saturated carbocycles. The summed E-state index contributed by atoms with van der Waals surface area (Å²) in [6, 6.07) is 0. The van der Waals surface area contributed by atoms with Gasteiger partial charge in [-0.2, -0.15) is 0 Å². The summed E-state index contributed by atoms with van der Waals surface area (Å²) in [6.07, 6.45) is 3.05. The van der Waals surface area contributed by atoms with Crippen LogP contribution in [0.15, 0.2) is 0 Å². The van der Waals surface area contributed by atoms with E-state index in [0.717, 1.165) is 12.8 Å². The Morgan fingerprint density at radius 2 is 1.10 bits per heavy atom. The van der Waals surface area contributed by atoms with Gasteiger partial charge in [-0.05, 0) is 40.5 Å². The van der Waals surface area contributed by atoms with Crippen molar-refractivity contribution in [2.75, 3.05) is 0 Å². The quantitative estimate of drug-likeness (QED) is 0.840. The number of aliphatic hydroxyl groups is 2. The molecule has 2 atom stereocenters. The molecule has 2 unspecified atom stereocenters. The van der Waals surface area contributed by atoms with Crippen molar-refractivity contribution in [3.63, 3.8) is 0 Å². The molecule has 114 valence electrons. The van der Waals surface area contributed by atoms with Gasteiger partial charge in [-0.1, -0.05) is 26.7 Å². The summed E-state index contributed by atoms with van der Waals surface area (Å²) in [5.74, 6) is 0. The molecule has 1 heterocycles. The van der Waals surface area contributed by atoms with E-state index in [-0.39, 0.29) is 0 Å². The largest absolute Gasteiger partial charge is 0.384 e. The lowest BCUT2D eigenvalue weighted by Crippen LogP contribution is -2.29. The maximum atomic E-state index is 10.5. The fraction of sp³-hybridized carbons (Fsp3) is 0.750. The van der Waals surface area contributed by atoms with E-state index in [9.17, 15) is 10.2 Å². The molecule has 0 aromatic carbocycles. The van der Waals surface area contributed by atoms with Crippen LogP contribution in [0.3, 0.4) is 0 Å². The van der Waals surface area contributed by atoms with Crippen molar-refractivity contribution in [1.82, 2.24) is 9.97 Å². The molecular formula is C16H28N2O2. The molecule has 0 bridgehead atoms. The second-order valence-corrected chi connectivity index (χ2v) is 6.14. The summed E-state index contributed by atoms with van der Waals surface area (Å²) in [7, 11) is 0. The van der Waals surface area contributed by atoms with Crippen molar-refractivity contribution < 1.29 is 10.2 Å². The van der Waals surface area contributed by atoms with Gasteiger partial charge in [0.05, 0.1) is 22.8 Å². The number of aromatic nitrogens is 2. The van der Waals surface area contributed by atoms with E-state index >= 15 is 0 Å². The van der Waals surface area contributed by atoms with E-state index < -0.39 is 11.2 Å². The van der Waals surface area contributed by atoms with Gasteiger partial charge in [-0.15, -0.1) is 0 Å². The third-order valence-corrected chi connectivity index (χ3v) is 3.74. The average molecular weight is 280 g/mol. The maximum Gasteiger partial charge on any atom is 0.106 e. The van der Waals surface area contributed by atoms with Crippen LogP contribution in [-0.2, 0) is 11.2 Å². The lowest BCUT2D eigenvalue weighted by atomic mass is 9.91. The van der Waals surface area contributed by atoms with Gasteiger partial charge < -0.3 is 10.2 Å². The molecule has 0 radical (unpaired) electrons. The van der Waals surface area contributed by atoms with Crippen LogP contribution < -0.4 is 0 Å². The minimum Gasteiger partial charge on any atom is -0.384 e. The van der Waals surface area contributed by atoms with Crippen LogP contribution in [0.25, 0.3) is 0 Å². The van der Waals surface area contributed by atoms with Gasteiger partial charge >= 0.3 is 0 Å². The lowest BCUT2D eigenvalue weighted by Gasteiger charge is -2.28. The SMILES string of the molecule is CCCC(C)(O)c1nc(C)c(C(C)(O)CCC)nc1C. The molecule has 1 aromatic heterocycles. The van der Waals surface area contributed by atoms with Gasteiger partial charge in [-0.25, -0.2) is 0 Å². The Bertz CT molecular complexity index is 424. The summed E-state index contributed by atoms with van der Waals surface area (Å²) < 4.78 is 0. The highest BCUT2D eigenvalue weighted by Gasteiger charge is 2.31. The molecule has 0 aliphatic carbocycles. The first-order chi connectivity index (χ1) is 9.15. The van der Waals surface area contributed by atoms with Crippen molar-refractivity contribution >= 4 is 0 Å². The second-order valence-electron chi connectivity index (χ2n) is 6.14. The molecule has 0 fully saturated rings. The average Bonchev–Trinajstić information content (AvgIpc) is 2.31. The molecule has 20 heavy (non-hydrogen) atoms. The Morgan fingerprint density at radius 1 is 0.800 bits per heavy atom. The van der Waals surface area contributed by atoms with Crippen molar-refractivity contribution in [1.29, 1.82) is 0 Å². The minimum atomic E-state index is -0.967. The molecule has 1 aromatic rings. The third-order valence-electron chi connectivity index (χ3n) is 3.74. The molecular weight excluding hydrogens is 252 g/mol. The van der Waals surface area contributed by atoms with Gasteiger partial charge in [0.15, 0.2) is 0 Å². The van der Waals surface area contributed by atoms with Crippen molar-refractivity contribution in [2.24, 2.45) is 0 Å². The van der Waals surface area contributed by atoms with Crippen LogP contribution in [0.5, 0.6) is 0 Å². The van der Waals surface area contributed by atoms with Gasteiger partial charge in [0.25, 0.3) is 0 Å². The fourth-order valence-corrected chi connectivity index (χ4v) is 2.83. The van der Waals surface area contributed by atoms with Crippen molar-refractivity contribution in [3.05, 3.63) is 22.8 Å². The maximum absolute atomic E-state index is 10.5. The van der Waals surface area contributed by atoms with E-state index in [1.165, 1.54) is 0 Å². The summed E-state index contributed by atoms with van der Waals surface area (Å²) in [4.78, 5) is 9.08. The molecule has 2 N–H and O–H groups in total. The van der Waals surface area contributed by atoms with Crippen LogP contribution in [0.4, 0.5) is 0 Å². The first-order valence-corrected chi connectivity index (χ1v) is 7.46. The number of hydrogen-bond acceptors (Lipinski definition) is 4. The normalized spacial score (nSPS) is 17.6. The predicted molar refractivity (Wildman–Crippen MR) is 80.5 cm³/mol. The van der Waals surface area contributed by atoms with Gasteiger partial charge in [0.2, 0.25) is 0 Å². The molecule has 4 nitrogen and oxygen atoms in total. The summed E-state index contributed by atoms with van der Waals surface area (Å²) >= 11 is 0. The first kappa shape index (κ1) is 17.1. The lowest BCUT2D eigenvalue weighted by molar-refractivity contribution is 0.0341. The van der Waals surface area contributed by atoms with E-state index in [4.69, 9.17) is 0 Å². The van der Waals surface area contributed by atoms with Crippen LogP contribution in [0.2, 0.25) is 0 Å². The molecule has 0 spiro atoms. The summed E-state index contributed by atoms with van der Waals surface area (Å²) in [5.41, 5.74) is 0.693. The fourth-order valence-electron chi connectivity index (χ4n) is 2.83. The van der Waals surface area contributed by atoms with E-state index in [1.807, 2.05) is 27.7 Å². The highest BCUT2D eigenvalue weighted by Crippen LogP contribution is 2.31. The Labute approximate surface area is 122 Å². The number of hydrogen-bond donors (Lipinski definition) is 2. The smallest absolute Gasteiger partial charge is 0.106 e. The zero-order valence-corrected chi connectivity index (χ0v) is 13.6. The van der Waals surface area contributed by atoms with Gasteiger partial charge in [0.1, 0.15) is 11.2 Å². The van der Waals surface area contributed by atoms with Crippen molar-refractivity contribution in [2.45, 2.75) is 78.4 Å². The molecule has 4 heteroatoms. The van der Waals surface area contributed by atoms with Crippen LogP contribution >= 0.6 is 0 Å². The zero-order valence-electron chi connectivity index (χ0n) is 13.6. The monoisotopic (exact) mass is 280 g/mol. The molecule has 0 saturated heterocycles. The van der Waals surface area contributed by atoms with Crippen LogP contribution in [-0.4, -0.2) is 20.2 Å².